The predicted molar refractivity (Wildman–Crippen MR) is 127 cm³/mol. The van der Waals surface area contributed by atoms with E-state index in [0.29, 0.717) is 10.6 Å². The summed E-state index contributed by atoms with van der Waals surface area (Å²) in [6, 6.07) is 21.6. The molecule has 5 rings (SSSR count). The Bertz CT molecular complexity index is 1630. The summed E-state index contributed by atoms with van der Waals surface area (Å²) < 4.78 is 21.4. The Kier molecular flexibility index (Phi) is 4.99. The van der Waals surface area contributed by atoms with Crippen LogP contribution in [0.25, 0.3) is 33.1 Å². The van der Waals surface area contributed by atoms with Crippen molar-refractivity contribution in [1.29, 1.82) is 0 Å². The zero-order valence-corrected chi connectivity index (χ0v) is 17.8. The maximum absolute atomic E-state index is 12.8. The van der Waals surface area contributed by atoms with Crippen molar-refractivity contribution in [2.24, 2.45) is 0 Å². The third-order valence-electron chi connectivity index (χ3n) is 5.25. The van der Waals surface area contributed by atoms with E-state index in [-0.39, 0.29) is 28.0 Å². The number of hydrogen-bond donors (Lipinski definition) is 4. The van der Waals surface area contributed by atoms with Crippen LogP contribution in [-0.4, -0.2) is 19.5 Å². The molecule has 5 aromatic rings. The van der Waals surface area contributed by atoms with Gasteiger partial charge >= 0.3 is 0 Å². The topological polar surface area (TPSA) is 120 Å². The number of hydrogen-bond acceptors (Lipinski definition) is 6. The van der Waals surface area contributed by atoms with Crippen molar-refractivity contribution in [3.8, 4) is 28.6 Å². The van der Waals surface area contributed by atoms with Crippen LogP contribution >= 0.6 is 0 Å². The minimum absolute atomic E-state index is 0.0970. The molecule has 0 saturated carbocycles. The molecule has 4 N–H and O–H groups in total. The lowest BCUT2D eigenvalue weighted by Crippen LogP contribution is -2.07. The highest BCUT2D eigenvalue weighted by Gasteiger charge is 2.17. The molecule has 1 unspecified atom stereocenters. The van der Waals surface area contributed by atoms with Crippen LogP contribution < -0.4 is 10.2 Å². The van der Waals surface area contributed by atoms with Gasteiger partial charge in [-0.1, -0.05) is 30.3 Å². The van der Waals surface area contributed by atoms with Crippen molar-refractivity contribution in [2.75, 3.05) is 4.72 Å². The summed E-state index contributed by atoms with van der Waals surface area (Å²) in [5.74, 6) is -1.52. The third-order valence-corrected chi connectivity index (χ3v) is 6.35. The first-order valence-corrected chi connectivity index (χ1v) is 11.0. The summed E-state index contributed by atoms with van der Waals surface area (Å²) in [6.45, 7) is 0. The predicted octanol–water partition coefficient (Wildman–Crippen LogP) is 4.86. The zero-order valence-electron chi connectivity index (χ0n) is 17.0. The second kappa shape index (κ2) is 7.99. The van der Waals surface area contributed by atoms with E-state index in [1.807, 2.05) is 36.4 Å². The van der Waals surface area contributed by atoms with Crippen molar-refractivity contribution >= 4 is 38.4 Å². The van der Waals surface area contributed by atoms with Gasteiger partial charge in [-0.2, -0.15) is 0 Å². The van der Waals surface area contributed by atoms with Crippen LogP contribution in [0.1, 0.15) is 0 Å². The number of nitrogens with one attached hydrogen (secondary N) is 1. The van der Waals surface area contributed by atoms with Gasteiger partial charge in [0.25, 0.3) is 0 Å². The van der Waals surface area contributed by atoms with E-state index in [0.717, 1.165) is 10.8 Å². The molecule has 0 aliphatic heterocycles. The first kappa shape index (κ1) is 20.6. The fourth-order valence-electron chi connectivity index (χ4n) is 3.56. The van der Waals surface area contributed by atoms with E-state index >= 15 is 0 Å². The Hall–Kier alpha value is -4.30. The highest BCUT2D eigenvalue weighted by Crippen LogP contribution is 2.35. The van der Waals surface area contributed by atoms with Gasteiger partial charge in [-0.15, -0.1) is 0 Å². The fraction of sp³-hybridized carbons (Fsp3) is 0. The number of fused-ring (bicyclic) bond motifs is 2. The molecule has 0 radical (unpaired) electrons. The van der Waals surface area contributed by atoms with Crippen molar-refractivity contribution in [3.05, 3.63) is 89.1 Å². The normalized spacial score (nSPS) is 12.1. The number of phenolic OH excluding ortho intramolecular Hbond substituents is 2. The number of anilines is 1. The first-order valence-electron chi connectivity index (χ1n) is 9.90. The molecular weight excluding hydrogens is 442 g/mol. The molecule has 0 aliphatic carbocycles. The quantitative estimate of drug-likeness (QED) is 0.285. The molecule has 0 saturated heterocycles. The summed E-state index contributed by atoms with van der Waals surface area (Å²) in [6.07, 6.45) is 0. The van der Waals surface area contributed by atoms with E-state index in [1.165, 1.54) is 30.3 Å². The zero-order chi connectivity index (χ0) is 23.1. The van der Waals surface area contributed by atoms with Gasteiger partial charge in [-0.05, 0) is 59.3 Å². The number of aromatic hydroxyl groups is 3. The molecule has 0 aliphatic rings. The second-order valence-corrected chi connectivity index (χ2v) is 8.62. The van der Waals surface area contributed by atoms with Gasteiger partial charge in [0, 0.05) is 11.3 Å². The van der Waals surface area contributed by atoms with E-state index in [9.17, 15) is 24.3 Å². The SMILES string of the molecule is O=c1c(O)c(-c2ccc(O)c(O)c2)oc2ccc(NS(=O)c3ccc4ccccc4c3)cc12. The molecule has 0 amide bonds. The Labute approximate surface area is 189 Å². The molecular formula is C25H17NO6S. The molecule has 164 valence electrons. The van der Waals surface area contributed by atoms with E-state index < -0.39 is 27.9 Å². The van der Waals surface area contributed by atoms with E-state index in [4.69, 9.17) is 4.42 Å². The molecule has 7 nitrogen and oxygen atoms in total. The van der Waals surface area contributed by atoms with Crippen LogP contribution in [0.2, 0.25) is 0 Å². The first-order chi connectivity index (χ1) is 15.9. The molecule has 1 aromatic heterocycles. The van der Waals surface area contributed by atoms with Gasteiger partial charge in [0.2, 0.25) is 11.2 Å². The summed E-state index contributed by atoms with van der Waals surface area (Å²) in [5.41, 5.74) is 0.151. The van der Waals surface area contributed by atoms with Crippen LogP contribution in [0.15, 0.2) is 93.0 Å². The third kappa shape index (κ3) is 3.77. The standard InChI is InChI=1S/C25H17NO6S/c27-20-9-6-16(12-21(20)28)25-24(30)23(29)19-13-17(7-10-22(19)32-25)26-33(31)18-8-5-14-3-1-2-4-15(14)11-18/h1-13,26-28,30H. The number of benzene rings is 4. The van der Waals surface area contributed by atoms with Gasteiger partial charge in [0.15, 0.2) is 17.3 Å². The average molecular weight is 459 g/mol. The van der Waals surface area contributed by atoms with Gasteiger partial charge in [-0.3, -0.25) is 4.79 Å². The van der Waals surface area contributed by atoms with Crippen molar-refractivity contribution in [1.82, 2.24) is 0 Å². The van der Waals surface area contributed by atoms with Crippen LogP contribution in [0.3, 0.4) is 0 Å². The molecule has 4 aromatic carbocycles. The maximum atomic E-state index is 12.8. The van der Waals surface area contributed by atoms with Crippen LogP contribution in [0, 0.1) is 0 Å². The van der Waals surface area contributed by atoms with Crippen LogP contribution in [0.5, 0.6) is 17.2 Å². The van der Waals surface area contributed by atoms with Crippen molar-refractivity contribution in [2.45, 2.75) is 4.90 Å². The Morgan fingerprint density at radius 1 is 0.788 bits per heavy atom. The molecule has 33 heavy (non-hydrogen) atoms. The second-order valence-electron chi connectivity index (χ2n) is 7.40. The fourth-order valence-corrected chi connectivity index (χ4v) is 4.44. The lowest BCUT2D eigenvalue weighted by molar-refractivity contribution is 0.403. The van der Waals surface area contributed by atoms with Crippen molar-refractivity contribution < 1.29 is 23.9 Å². The number of phenols is 2. The molecule has 0 bridgehead atoms. The minimum atomic E-state index is -1.58. The van der Waals surface area contributed by atoms with Gasteiger partial charge < -0.3 is 24.5 Å². The monoisotopic (exact) mass is 459 g/mol. The average Bonchev–Trinajstić information content (AvgIpc) is 2.83. The van der Waals surface area contributed by atoms with Gasteiger partial charge in [0.05, 0.1) is 10.3 Å². The van der Waals surface area contributed by atoms with Gasteiger partial charge in [-0.25, -0.2) is 4.21 Å². The Morgan fingerprint density at radius 3 is 2.36 bits per heavy atom. The molecule has 8 heteroatoms. The minimum Gasteiger partial charge on any atom is -0.504 e. The summed E-state index contributed by atoms with van der Waals surface area (Å²) in [4.78, 5) is 13.4. The lowest BCUT2D eigenvalue weighted by atomic mass is 10.1. The largest absolute Gasteiger partial charge is 0.504 e. The highest BCUT2D eigenvalue weighted by atomic mass is 32.2. The summed E-state index contributed by atoms with van der Waals surface area (Å²) in [5, 5.41) is 31.7. The van der Waals surface area contributed by atoms with E-state index in [2.05, 4.69) is 4.72 Å². The Balaban J connectivity index is 1.50. The summed E-state index contributed by atoms with van der Waals surface area (Å²) in [7, 11) is -1.58. The lowest BCUT2D eigenvalue weighted by Gasteiger charge is -2.10. The van der Waals surface area contributed by atoms with E-state index in [1.54, 1.807) is 12.1 Å². The van der Waals surface area contributed by atoms with Crippen molar-refractivity contribution in [3.63, 3.8) is 0 Å². The summed E-state index contributed by atoms with van der Waals surface area (Å²) >= 11 is 0. The molecule has 1 atom stereocenters. The maximum Gasteiger partial charge on any atom is 0.235 e. The smallest absolute Gasteiger partial charge is 0.235 e. The highest BCUT2D eigenvalue weighted by molar-refractivity contribution is 7.86. The molecule has 0 spiro atoms. The molecule has 1 heterocycles. The van der Waals surface area contributed by atoms with Gasteiger partial charge in [0.1, 0.15) is 16.6 Å². The van der Waals surface area contributed by atoms with Crippen LogP contribution in [-0.2, 0) is 11.0 Å². The Morgan fingerprint density at radius 2 is 1.58 bits per heavy atom. The number of rotatable bonds is 4. The van der Waals surface area contributed by atoms with Crippen LogP contribution in [0.4, 0.5) is 5.69 Å². The molecule has 0 fully saturated rings.